The quantitative estimate of drug-likeness (QED) is 0.657. The largest absolute Gasteiger partial charge is 0.351 e. The third-order valence-electron chi connectivity index (χ3n) is 3.82. The fourth-order valence-electron chi connectivity index (χ4n) is 2.31. The first-order chi connectivity index (χ1) is 11.9. The SMILES string of the molecule is C[C@@H](NCCc1ccc(S(N)(=O)=O)cc1)C(=O)NCc1ccccc1. The van der Waals surface area contributed by atoms with Crippen LogP contribution in [0, 0.1) is 0 Å². The maximum atomic E-state index is 12.1. The van der Waals surface area contributed by atoms with Gasteiger partial charge in [0, 0.05) is 6.54 Å². The maximum absolute atomic E-state index is 12.1. The van der Waals surface area contributed by atoms with Crippen LogP contribution in [0.15, 0.2) is 59.5 Å². The van der Waals surface area contributed by atoms with Gasteiger partial charge in [-0.25, -0.2) is 13.6 Å². The molecule has 0 heterocycles. The fourth-order valence-corrected chi connectivity index (χ4v) is 2.83. The summed E-state index contributed by atoms with van der Waals surface area (Å²) in [5.41, 5.74) is 2.02. The van der Waals surface area contributed by atoms with Crippen molar-refractivity contribution in [2.45, 2.75) is 30.8 Å². The maximum Gasteiger partial charge on any atom is 0.238 e. The number of primary sulfonamides is 1. The Kier molecular flexibility index (Phi) is 6.69. The zero-order chi connectivity index (χ0) is 18.3. The van der Waals surface area contributed by atoms with Crippen molar-refractivity contribution in [2.24, 2.45) is 5.14 Å². The molecule has 2 rings (SSSR count). The molecule has 0 fully saturated rings. The van der Waals surface area contributed by atoms with Crippen LogP contribution in [0.2, 0.25) is 0 Å². The van der Waals surface area contributed by atoms with E-state index in [2.05, 4.69) is 10.6 Å². The van der Waals surface area contributed by atoms with Crippen molar-refractivity contribution in [3.8, 4) is 0 Å². The Hall–Kier alpha value is -2.22. The van der Waals surface area contributed by atoms with Gasteiger partial charge >= 0.3 is 0 Å². The Balaban J connectivity index is 1.74. The van der Waals surface area contributed by atoms with Crippen molar-refractivity contribution in [2.75, 3.05) is 6.54 Å². The molecule has 0 aliphatic heterocycles. The standard InChI is InChI=1S/C18H23N3O3S/c1-14(18(22)21-13-16-5-3-2-4-6-16)20-12-11-15-7-9-17(10-8-15)25(19,23)24/h2-10,14,20H,11-13H2,1H3,(H,21,22)(H2,19,23,24)/t14-/m1/s1. The highest BCUT2D eigenvalue weighted by Crippen LogP contribution is 2.09. The Morgan fingerprint density at radius 2 is 1.68 bits per heavy atom. The minimum Gasteiger partial charge on any atom is -0.351 e. The zero-order valence-electron chi connectivity index (χ0n) is 14.1. The lowest BCUT2D eigenvalue weighted by Crippen LogP contribution is -2.42. The van der Waals surface area contributed by atoms with Crippen molar-refractivity contribution in [1.29, 1.82) is 0 Å². The minimum absolute atomic E-state index is 0.0616. The number of hydrogen-bond donors (Lipinski definition) is 3. The second-order valence-electron chi connectivity index (χ2n) is 5.82. The van der Waals surface area contributed by atoms with Gasteiger partial charge in [-0.3, -0.25) is 4.79 Å². The molecule has 0 spiro atoms. The van der Waals surface area contributed by atoms with Gasteiger partial charge < -0.3 is 10.6 Å². The van der Waals surface area contributed by atoms with Crippen molar-refractivity contribution in [3.05, 3.63) is 65.7 Å². The van der Waals surface area contributed by atoms with Crippen molar-refractivity contribution < 1.29 is 13.2 Å². The number of nitrogens with one attached hydrogen (secondary N) is 2. The van der Waals surface area contributed by atoms with Crippen LogP contribution in [-0.4, -0.2) is 26.9 Å². The molecule has 0 aliphatic carbocycles. The number of carbonyl (C=O) groups is 1. The van der Waals surface area contributed by atoms with Crippen molar-refractivity contribution >= 4 is 15.9 Å². The number of hydrogen-bond acceptors (Lipinski definition) is 4. The first-order valence-corrected chi connectivity index (χ1v) is 9.57. The predicted octanol–water partition coefficient (Wildman–Crippen LogP) is 1.17. The summed E-state index contributed by atoms with van der Waals surface area (Å²) in [5, 5.41) is 11.1. The monoisotopic (exact) mass is 361 g/mol. The summed E-state index contributed by atoms with van der Waals surface area (Å²) < 4.78 is 22.4. The lowest BCUT2D eigenvalue weighted by molar-refractivity contribution is -0.122. The van der Waals surface area contributed by atoms with E-state index >= 15 is 0 Å². The smallest absolute Gasteiger partial charge is 0.238 e. The molecule has 4 N–H and O–H groups in total. The summed E-state index contributed by atoms with van der Waals surface area (Å²) in [6.45, 7) is 2.92. The van der Waals surface area contributed by atoms with Gasteiger partial charge in [0.15, 0.2) is 0 Å². The molecule has 0 saturated heterocycles. The predicted molar refractivity (Wildman–Crippen MR) is 97.3 cm³/mol. The zero-order valence-corrected chi connectivity index (χ0v) is 14.9. The van der Waals surface area contributed by atoms with E-state index in [-0.39, 0.29) is 16.8 Å². The lowest BCUT2D eigenvalue weighted by atomic mass is 10.1. The van der Waals surface area contributed by atoms with Gasteiger partial charge in [-0.2, -0.15) is 0 Å². The number of benzene rings is 2. The average molecular weight is 361 g/mol. The van der Waals surface area contributed by atoms with E-state index in [0.717, 1.165) is 11.1 Å². The Morgan fingerprint density at radius 1 is 1.04 bits per heavy atom. The van der Waals surface area contributed by atoms with E-state index in [1.54, 1.807) is 12.1 Å². The Labute approximate surface area is 148 Å². The number of carbonyl (C=O) groups excluding carboxylic acids is 1. The Morgan fingerprint density at radius 3 is 2.28 bits per heavy atom. The lowest BCUT2D eigenvalue weighted by Gasteiger charge is -2.14. The van der Waals surface area contributed by atoms with Gasteiger partial charge in [0.25, 0.3) is 0 Å². The fraction of sp³-hybridized carbons (Fsp3) is 0.278. The highest BCUT2D eigenvalue weighted by atomic mass is 32.2. The van der Waals surface area contributed by atoms with E-state index in [1.165, 1.54) is 12.1 Å². The van der Waals surface area contributed by atoms with Crippen LogP contribution in [0.25, 0.3) is 0 Å². The number of rotatable bonds is 8. The molecular formula is C18H23N3O3S. The number of amides is 1. The van der Waals surface area contributed by atoms with Crippen molar-refractivity contribution in [1.82, 2.24) is 10.6 Å². The number of sulfonamides is 1. The van der Waals surface area contributed by atoms with Gasteiger partial charge in [0.05, 0.1) is 10.9 Å². The van der Waals surface area contributed by atoms with Crippen LogP contribution >= 0.6 is 0 Å². The highest BCUT2D eigenvalue weighted by Gasteiger charge is 2.11. The molecular weight excluding hydrogens is 338 g/mol. The summed E-state index contributed by atoms with van der Waals surface area (Å²) in [6.07, 6.45) is 0.682. The van der Waals surface area contributed by atoms with E-state index in [0.29, 0.717) is 19.5 Å². The van der Waals surface area contributed by atoms with E-state index < -0.39 is 10.0 Å². The second kappa shape index (κ2) is 8.75. The molecule has 2 aromatic rings. The van der Waals surface area contributed by atoms with Crippen molar-refractivity contribution in [3.63, 3.8) is 0 Å². The van der Waals surface area contributed by atoms with E-state index in [9.17, 15) is 13.2 Å². The van der Waals surface area contributed by atoms with Gasteiger partial charge in [-0.05, 0) is 43.1 Å². The van der Waals surface area contributed by atoms with Gasteiger partial charge in [0.2, 0.25) is 15.9 Å². The molecule has 0 aliphatic rings. The van der Waals surface area contributed by atoms with Crippen LogP contribution in [-0.2, 0) is 27.8 Å². The topological polar surface area (TPSA) is 101 Å². The van der Waals surface area contributed by atoms with Crippen LogP contribution in [0.3, 0.4) is 0 Å². The summed E-state index contributed by atoms with van der Waals surface area (Å²) in [7, 11) is -3.66. The third-order valence-corrected chi connectivity index (χ3v) is 4.75. The molecule has 0 aromatic heterocycles. The Bertz CT molecular complexity index is 790. The molecule has 2 aromatic carbocycles. The first kappa shape index (κ1) is 19.1. The molecule has 1 atom stereocenters. The summed E-state index contributed by atoms with van der Waals surface area (Å²) in [6, 6.07) is 15.8. The first-order valence-electron chi connectivity index (χ1n) is 8.03. The molecule has 0 radical (unpaired) electrons. The van der Waals surface area contributed by atoms with E-state index in [1.807, 2.05) is 37.3 Å². The molecule has 25 heavy (non-hydrogen) atoms. The molecule has 0 bridgehead atoms. The molecule has 1 amide bonds. The van der Waals surface area contributed by atoms with Gasteiger partial charge in [0.1, 0.15) is 0 Å². The van der Waals surface area contributed by atoms with Crippen LogP contribution in [0.5, 0.6) is 0 Å². The molecule has 0 unspecified atom stereocenters. The normalized spacial score (nSPS) is 12.6. The summed E-state index contributed by atoms with van der Waals surface area (Å²) in [4.78, 5) is 12.2. The van der Waals surface area contributed by atoms with Gasteiger partial charge in [-0.15, -0.1) is 0 Å². The molecule has 7 heteroatoms. The highest BCUT2D eigenvalue weighted by molar-refractivity contribution is 7.89. The van der Waals surface area contributed by atoms with Crippen LogP contribution in [0.4, 0.5) is 0 Å². The third kappa shape index (κ3) is 6.30. The van der Waals surface area contributed by atoms with E-state index in [4.69, 9.17) is 5.14 Å². The second-order valence-corrected chi connectivity index (χ2v) is 7.38. The summed E-state index contributed by atoms with van der Waals surface area (Å²) in [5.74, 6) is -0.0616. The van der Waals surface area contributed by atoms with Crippen LogP contribution in [0.1, 0.15) is 18.1 Å². The molecule has 0 saturated carbocycles. The number of nitrogens with two attached hydrogens (primary N) is 1. The summed E-state index contributed by atoms with van der Waals surface area (Å²) >= 11 is 0. The average Bonchev–Trinajstić information content (AvgIpc) is 2.60. The van der Waals surface area contributed by atoms with Gasteiger partial charge in [-0.1, -0.05) is 42.5 Å². The molecule has 6 nitrogen and oxygen atoms in total. The minimum atomic E-state index is -3.66. The van der Waals surface area contributed by atoms with Crippen LogP contribution < -0.4 is 15.8 Å². The molecule has 134 valence electrons.